The number of ether oxygens (including phenoxy) is 1. The molecule has 8 nitrogen and oxygen atoms in total. The molecule has 0 aliphatic carbocycles. The van der Waals surface area contributed by atoms with Crippen LogP contribution in [0.15, 0.2) is 72.9 Å². The molecule has 1 aliphatic heterocycles. The zero-order valence-corrected chi connectivity index (χ0v) is 25.5. The van der Waals surface area contributed by atoms with Crippen molar-refractivity contribution >= 4 is 22.8 Å². The first-order chi connectivity index (χ1) is 22.2. The maximum absolute atomic E-state index is 13.7. The first-order valence-electron chi connectivity index (χ1n) is 14.8. The molecular weight excluding hydrogens is 628 g/mol. The number of piperazine rings is 1. The van der Waals surface area contributed by atoms with Crippen LogP contribution in [0.2, 0.25) is 0 Å². The van der Waals surface area contributed by atoms with Gasteiger partial charge in [0.2, 0.25) is 0 Å². The first-order valence-corrected chi connectivity index (χ1v) is 14.8. The number of carbonyl (C=O) groups excluding carboxylic acids is 2. The predicted octanol–water partition coefficient (Wildman–Crippen LogP) is 6.43. The summed E-state index contributed by atoms with van der Waals surface area (Å²) in [5.74, 6) is -0.305. The van der Waals surface area contributed by atoms with E-state index >= 15 is 0 Å². The molecule has 4 aromatic rings. The molecule has 1 fully saturated rings. The second-order valence-corrected chi connectivity index (χ2v) is 11.3. The standard InChI is InChI=1S/C33H33F6N5O3/c1-20(40-17-21-7-3-6-10-29(21)47-2)42-31(46)43-11-12-44(26(19-43)15-23-18-41-28-9-5-4-8-27(23)28)30(45)22-13-24(32(34,35)36)16-25(14-22)33(37,38)39/h3-10,13-14,16,18,20,26,40-41H,11-12,15,17,19H2,1-2H3,(H,42,46)/t20?,26-/m1/s1. The molecule has 1 aliphatic rings. The lowest BCUT2D eigenvalue weighted by molar-refractivity contribution is -0.143. The molecule has 3 N–H and O–H groups in total. The smallest absolute Gasteiger partial charge is 0.416 e. The lowest BCUT2D eigenvalue weighted by Gasteiger charge is -2.42. The maximum atomic E-state index is 13.7. The number of amides is 3. The third-order valence-corrected chi connectivity index (χ3v) is 8.13. The second kappa shape index (κ2) is 13.6. The van der Waals surface area contributed by atoms with Crippen molar-refractivity contribution < 1.29 is 40.7 Å². The van der Waals surface area contributed by atoms with Gasteiger partial charge in [-0.25, -0.2) is 4.79 Å². The Morgan fingerprint density at radius 2 is 1.60 bits per heavy atom. The summed E-state index contributed by atoms with van der Waals surface area (Å²) in [6.07, 6.45) is -8.76. The highest BCUT2D eigenvalue weighted by atomic mass is 19.4. The van der Waals surface area contributed by atoms with Crippen LogP contribution in [0, 0.1) is 0 Å². The van der Waals surface area contributed by atoms with E-state index in [2.05, 4.69) is 15.6 Å². The summed E-state index contributed by atoms with van der Waals surface area (Å²) < 4.78 is 86.9. The van der Waals surface area contributed by atoms with Crippen molar-refractivity contribution in [1.82, 2.24) is 25.4 Å². The molecule has 3 amide bonds. The fraction of sp³-hybridized carbons (Fsp3) is 0.333. The van der Waals surface area contributed by atoms with E-state index in [1.807, 2.05) is 48.5 Å². The lowest BCUT2D eigenvalue weighted by atomic mass is 9.99. The molecule has 2 atom stereocenters. The first kappa shape index (κ1) is 33.6. The monoisotopic (exact) mass is 661 g/mol. The minimum atomic E-state index is -5.10. The number of para-hydroxylation sites is 2. The van der Waals surface area contributed by atoms with Gasteiger partial charge < -0.3 is 24.8 Å². The number of nitrogens with zero attached hydrogens (tertiary/aromatic N) is 2. The van der Waals surface area contributed by atoms with Crippen molar-refractivity contribution in [3.63, 3.8) is 0 Å². The zero-order valence-electron chi connectivity index (χ0n) is 25.5. The number of benzene rings is 3. The summed E-state index contributed by atoms with van der Waals surface area (Å²) >= 11 is 0. The normalized spacial score (nSPS) is 16.3. The van der Waals surface area contributed by atoms with E-state index in [4.69, 9.17) is 4.74 Å². The van der Waals surface area contributed by atoms with Crippen molar-refractivity contribution in [2.24, 2.45) is 0 Å². The van der Waals surface area contributed by atoms with Crippen molar-refractivity contribution in [2.45, 2.75) is 44.4 Å². The number of carbonyl (C=O) groups is 2. The van der Waals surface area contributed by atoms with E-state index in [-0.39, 0.29) is 32.1 Å². The van der Waals surface area contributed by atoms with Gasteiger partial charge in [-0.15, -0.1) is 0 Å². The van der Waals surface area contributed by atoms with E-state index < -0.39 is 53.2 Å². The number of urea groups is 1. The van der Waals surface area contributed by atoms with Crippen LogP contribution in [0.3, 0.4) is 0 Å². The van der Waals surface area contributed by atoms with E-state index in [0.717, 1.165) is 22.0 Å². The highest BCUT2D eigenvalue weighted by Crippen LogP contribution is 2.37. The van der Waals surface area contributed by atoms with E-state index in [9.17, 15) is 35.9 Å². The summed E-state index contributed by atoms with van der Waals surface area (Å²) in [4.78, 5) is 33.0. The quantitative estimate of drug-likeness (QED) is 0.150. The maximum Gasteiger partial charge on any atom is 0.416 e. The predicted molar refractivity (Wildman–Crippen MR) is 163 cm³/mol. The van der Waals surface area contributed by atoms with Gasteiger partial charge in [0.05, 0.1) is 30.4 Å². The number of alkyl halides is 6. The summed E-state index contributed by atoms with van der Waals surface area (Å²) in [6, 6.07) is 14.4. The molecule has 0 saturated carbocycles. The number of aromatic amines is 1. The number of nitrogens with one attached hydrogen (secondary N) is 3. The average molecular weight is 662 g/mol. The Balaban J connectivity index is 1.38. The molecular formula is C33H33F6N5O3. The number of hydrogen-bond acceptors (Lipinski definition) is 4. The van der Waals surface area contributed by atoms with Crippen LogP contribution in [-0.4, -0.2) is 65.7 Å². The van der Waals surface area contributed by atoms with Crippen LogP contribution in [0.4, 0.5) is 31.1 Å². The molecule has 3 aromatic carbocycles. The molecule has 0 radical (unpaired) electrons. The minimum absolute atomic E-state index is 0.00623. The van der Waals surface area contributed by atoms with Gasteiger partial charge in [-0.1, -0.05) is 36.4 Å². The van der Waals surface area contributed by atoms with Crippen LogP contribution >= 0.6 is 0 Å². The fourth-order valence-electron chi connectivity index (χ4n) is 5.72. The Morgan fingerprint density at radius 1 is 0.936 bits per heavy atom. The number of aromatic nitrogens is 1. The SMILES string of the molecule is COc1ccccc1CNC(C)NC(=O)N1CCN(C(=O)c2cc(C(F)(F)F)cc(C(F)(F)F)c2)[C@H](Cc2c[nH]c3ccccc23)C1. The summed E-state index contributed by atoms with van der Waals surface area (Å²) in [5.41, 5.74) is -1.41. The third-order valence-electron chi connectivity index (χ3n) is 8.13. The van der Waals surface area contributed by atoms with Gasteiger partial charge in [0, 0.05) is 54.4 Å². The fourth-order valence-corrected chi connectivity index (χ4v) is 5.72. The Kier molecular flexibility index (Phi) is 9.70. The number of fused-ring (bicyclic) bond motifs is 1. The number of methoxy groups -OCH3 is 1. The number of rotatable bonds is 8. The number of hydrogen-bond donors (Lipinski definition) is 3. The van der Waals surface area contributed by atoms with Crippen molar-refractivity contribution in [1.29, 1.82) is 0 Å². The molecule has 47 heavy (non-hydrogen) atoms. The Hall–Kier alpha value is -4.72. The highest BCUT2D eigenvalue weighted by molar-refractivity contribution is 5.95. The topological polar surface area (TPSA) is 89.7 Å². The second-order valence-electron chi connectivity index (χ2n) is 11.3. The van der Waals surface area contributed by atoms with Crippen molar-refractivity contribution in [2.75, 3.05) is 26.7 Å². The van der Waals surface area contributed by atoms with Gasteiger partial charge in [0.15, 0.2) is 0 Å². The van der Waals surface area contributed by atoms with Gasteiger partial charge in [-0.05, 0) is 49.2 Å². The average Bonchev–Trinajstić information content (AvgIpc) is 3.45. The largest absolute Gasteiger partial charge is 0.496 e. The lowest BCUT2D eigenvalue weighted by Crippen LogP contribution is -2.60. The van der Waals surface area contributed by atoms with E-state index in [0.29, 0.717) is 24.4 Å². The van der Waals surface area contributed by atoms with Gasteiger partial charge in [0.1, 0.15) is 5.75 Å². The van der Waals surface area contributed by atoms with Gasteiger partial charge in [0.25, 0.3) is 5.91 Å². The van der Waals surface area contributed by atoms with Crippen molar-refractivity contribution in [3.8, 4) is 5.75 Å². The molecule has 5 rings (SSSR count). The summed E-state index contributed by atoms with van der Waals surface area (Å²) in [7, 11) is 1.56. The van der Waals surface area contributed by atoms with E-state index in [1.54, 1.807) is 20.2 Å². The van der Waals surface area contributed by atoms with E-state index in [1.165, 1.54) is 9.80 Å². The van der Waals surface area contributed by atoms with Crippen LogP contribution in [-0.2, 0) is 25.3 Å². The molecule has 1 saturated heterocycles. The Morgan fingerprint density at radius 3 is 2.28 bits per heavy atom. The van der Waals surface area contributed by atoms with Crippen LogP contribution < -0.4 is 15.4 Å². The summed E-state index contributed by atoms with van der Waals surface area (Å²) in [6.45, 7) is 2.03. The summed E-state index contributed by atoms with van der Waals surface area (Å²) in [5, 5.41) is 6.91. The van der Waals surface area contributed by atoms with Crippen LogP contribution in [0.25, 0.3) is 10.9 Å². The molecule has 1 unspecified atom stereocenters. The van der Waals surface area contributed by atoms with Gasteiger partial charge >= 0.3 is 18.4 Å². The zero-order chi connectivity index (χ0) is 33.9. The van der Waals surface area contributed by atoms with Crippen molar-refractivity contribution in [3.05, 3.63) is 101 Å². The number of H-pyrrole nitrogens is 1. The number of halogens is 6. The highest BCUT2D eigenvalue weighted by Gasteiger charge is 2.39. The van der Waals surface area contributed by atoms with Crippen LogP contribution in [0.1, 0.15) is 39.5 Å². The molecule has 0 bridgehead atoms. The molecule has 0 spiro atoms. The third kappa shape index (κ3) is 7.81. The molecule has 14 heteroatoms. The van der Waals surface area contributed by atoms with Gasteiger partial charge in [-0.3, -0.25) is 10.1 Å². The minimum Gasteiger partial charge on any atom is -0.496 e. The van der Waals surface area contributed by atoms with Gasteiger partial charge in [-0.2, -0.15) is 26.3 Å². The van der Waals surface area contributed by atoms with Crippen LogP contribution in [0.5, 0.6) is 5.75 Å². The molecule has 250 valence electrons. The Bertz CT molecular complexity index is 1710. The Labute approximate surface area is 266 Å². The molecule has 2 heterocycles. The molecule has 1 aromatic heterocycles.